The van der Waals surface area contributed by atoms with Crippen molar-refractivity contribution in [2.24, 2.45) is 0 Å². The smallest absolute Gasteiger partial charge is 0.192 e. The third kappa shape index (κ3) is 4.09. The van der Waals surface area contributed by atoms with Gasteiger partial charge >= 0.3 is 0 Å². The molecule has 0 aromatic heterocycles. The summed E-state index contributed by atoms with van der Waals surface area (Å²) in [7, 11) is -1.68. The highest BCUT2D eigenvalue weighted by atomic mass is 79.9. The van der Waals surface area contributed by atoms with Crippen molar-refractivity contribution in [3.63, 3.8) is 0 Å². The van der Waals surface area contributed by atoms with Crippen LogP contribution in [-0.2, 0) is 11.0 Å². The van der Waals surface area contributed by atoms with Crippen molar-refractivity contribution in [2.45, 2.75) is 45.5 Å². The molecule has 0 unspecified atom stereocenters. The second kappa shape index (κ2) is 5.43. The molecular formula is C13H20BrClOSi. The van der Waals surface area contributed by atoms with E-state index in [-0.39, 0.29) is 5.04 Å². The van der Waals surface area contributed by atoms with Crippen molar-refractivity contribution in [2.75, 3.05) is 0 Å². The molecule has 1 aromatic carbocycles. The zero-order valence-corrected chi connectivity index (χ0v) is 14.4. The van der Waals surface area contributed by atoms with Crippen LogP contribution in [-0.4, -0.2) is 8.32 Å². The Bertz CT molecular complexity index is 399. The molecule has 0 aliphatic rings. The van der Waals surface area contributed by atoms with Crippen LogP contribution >= 0.6 is 27.5 Å². The van der Waals surface area contributed by atoms with Gasteiger partial charge in [-0.25, -0.2) is 0 Å². The number of hydrogen-bond donors (Lipinski definition) is 0. The summed E-state index contributed by atoms with van der Waals surface area (Å²) < 4.78 is 7.18. The summed E-state index contributed by atoms with van der Waals surface area (Å²) in [4.78, 5) is 0. The van der Waals surface area contributed by atoms with Crippen LogP contribution in [0.3, 0.4) is 0 Å². The Kier molecular flexibility index (Phi) is 4.86. The van der Waals surface area contributed by atoms with Gasteiger partial charge in [-0.05, 0) is 35.8 Å². The molecule has 0 radical (unpaired) electrons. The van der Waals surface area contributed by atoms with Gasteiger partial charge in [0.05, 0.1) is 6.61 Å². The fraction of sp³-hybridized carbons (Fsp3) is 0.538. The molecule has 4 heteroatoms. The molecule has 0 atom stereocenters. The largest absolute Gasteiger partial charge is 0.413 e. The van der Waals surface area contributed by atoms with E-state index in [1.807, 2.05) is 18.2 Å². The van der Waals surface area contributed by atoms with Crippen LogP contribution in [0, 0.1) is 0 Å². The minimum atomic E-state index is -1.68. The predicted octanol–water partition coefficient (Wildman–Crippen LogP) is 5.62. The number of benzene rings is 1. The molecule has 1 aromatic rings. The Labute approximate surface area is 119 Å². The van der Waals surface area contributed by atoms with Crippen molar-refractivity contribution < 1.29 is 4.43 Å². The lowest BCUT2D eigenvalue weighted by molar-refractivity contribution is 0.275. The summed E-state index contributed by atoms with van der Waals surface area (Å²) in [5.74, 6) is 0. The maximum atomic E-state index is 6.17. The lowest BCUT2D eigenvalue weighted by Gasteiger charge is -2.36. The minimum absolute atomic E-state index is 0.242. The van der Waals surface area contributed by atoms with Crippen LogP contribution in [0.15, 0.2) is 22.7 Å². The third-order valence-electron chi connectivity index (χ3n) is 3.41. The summed E-state index contributed by atoms with van der Waals surface area (Å²) in [5, 5.41) is 0.985. The van der Waals surface area contributed by atoms with E-state index < -0.39 is 8.32 Å². The van der Waals surface area contributed by atoms with E-state index in [0.717, 1.165) is 15.1 Å². The number of halogens is 2. The molecule has 0 aliphatic heterocycles. The van der Waals surface area contributed by atoms with E-state index in [1.54, 1.807) is 0 Å². The standard InChI is InChI=1S/C13H20BrClOSi/c1-13(2,3)17(4,5)16-9-10-6-7-11(15)8-12(10)14/h6-8H,9H2,1-5H3. The SMILES string of the molecule is CC(C)(C)[Si](C)(C)OCc1ccc(Cl)cc1Br. The Balaban J connectivity index is 2.74. The highest BCUT2D eigenvalue weighted by Crippen LogP contribution is 2.37. The van der Waals surface area contributed by atoms with Crippen LogP contribution in [0.5, 0.6) is 0 Å². The summed E-state index contributed by atoms with van der Waals surface area (Å²) in [6, 6.07) is 5.82. The van der Waals surface area contributed by atoms with Gasteiger partial charge < -0.3 is 4.43 Å². The zero-order valence-electron chi connectivity index (χ0n) is 11.1. The first-order valence-corrected chi connectivity index (χ1v) is 9.79. The Morgan fingerprint density at radius 1 is 1.29 bits per heavy atom. The quantitative estimate of drug-likeness (QED) is 0.651. The first-order valence-electron chi connectivity index (χ1n) is 5.71. The third-order valence-corrected chi connectivity index (χ3v) is 8.86. The average molecular weight is 336 g/mol. The highest BCUT2D eigenvalue weighted by Gasteiger charge is 2.37. The van der Waals surface area contributed by atoms with Crippen molar-refractivity contribution in [1.29, 1.82) is 0 Å². The molecule has 0 heterocycles. The van der Waals surface area contributed by atoms with Crippen LogP contribution in [0.2, 0.25) is 23.2 Å². The monoisotopic (exact) mass is 334 g/mol. The van der Waals surface area contributed by atoms with Crippen LogP contribution < -0.4 is 0 Å². The molecule has 0 bridgehead atoms. The molecule has 1 rings (SSSR count). The Hall–Kier alpha value is 0.167. The number of hydrogen-bond acceptors (Lipinski definition) is 1. The van der Waals surface area contributed by atoms with E-state index in [9.17, 15) is 0 Å². The molecule has 0 saturated carbocycles. The van der Waals surface area contributed by atoms with Gasteiger partial charge in [-0.3, -0.25) is 0 Å². The molecule has 0 amide bonds. The summed E-state index contributed by atoms with van der Waals surface area (Å²) in [6.07, 6.45) is 0. The van der Waals surface area contributed by atoms with Gasteiger partial charge in [-0.2, -0.15) is 0 Å². The van der Waals surface area contributed by atoms with Crippen LogP contribution in [0.1, 0.15) is 26.3 Å². The lowest BCUT2D eigenvalue weighted by Crippen LogP contribution is -2.40. The van der Waals surface area contributed by atoms with Gasteiger partial charge in [0.1, 0.15) is 0 Å². The van der Waals surface area contributed by atoms with Crippen LogP contribution in [0.4, 0.5) is 0 Å². The Morgan fingerprint density at radius 3 is 2.35 bits per heavy atom. The van der Waals surface area contributed by atoms with E-state index in [1.165, 1.54) is 0 Å². The van der Waals surface area contributed by atoms with Crippen molar-refractivity contribution >= 4 is 35.8 Å². The molecule has 17 heavy (non-hydrogen) atoms. The second-order valence-electron chi connectivity index (χ2n) is 5.78. The second-order valence-corrected chi connectivity index (χ2v) is 11.9. The summed E-state index contributed by atoms with van der Waals surface area (Å²) >= 11 is 9.43. The number of rotatable bonds is 3. The van der Waals surface area contributed by atoms with Gasteiger partial charge in [0.15, 0.2) is 8.32 Å². The molecule has 0 saturated heterocycles. The van der Waals surface area contributed by atoms with Gasteiger partial charge in [0, 0.05) is 9.50 Å². The molecule has 1 nitrogen and oxygen atoms in total. The van der Waals surface area contributed by atoms with E-state index in [4.69, 9.17) is 16.0 Å². The van der Waals surface area contributed by atoms with Crippen LogP contribution in [0.25, 0.3) is 0 Å². The van der Waals surface area contributed by atoms with Gasteiger partial charge in [0.25, 0.3) is 0 Å². The maximum absolute atomic E-state index is 6.17. The fourth-order valence-corrected chi connectivity index (χ4v) is 2.86. The highest BCUT2D eigenvalue weighted by molar-refractivity contribution is 9.10. The first kappa shape index (κ1) is 15.2. The van der Waals surface area contributed by atoms with E-state index in [0.29, 0.717) is 6.61 Å². The summed E-state index contributed by atoms with van der Waals surface area (Å²) in [6.45, 7) is 11.9. The van der Waals surface area contributed by atoms with Gasteiger partial charge in [-0.1, -0.05) is 54.4 Å². The average Bonchev–Trinajstić information content (AvgIpc) is 2.14. The molecule has 0 N–H and O–H groups in total. The molecule has 0 fully saturated rings. The van der Waals surface area contributed by atoms with E-state index in [2.05, 4.69) is 49.8 Å². The normalized spacial score (nSPS) is 12.9. The van der Waals surface area contributed by atoms with Crippen molar-refractivity contribution in [3.8, 4) is 0 Å². The molecule has 96 valence electrons. The van der Waals surface area contributed by atoms with Crippen molar-refractivity contribution in [3.05, 3.63) is 33.3 Å². The minimum Gasteiger partial charge on any atom is -0.413 e. The predicted molar refractivity (Wildman–Crippen MR) is 81.1 cm³/mol. The van der Waals surface area contributed by atoms with Gasteiger partial charge in [0.2, 0.25) is 0 Å². The van der Waals surface area contributed by atoms with Gasteiger partial charge in [-0.15, -0.1) is 0 Å². The molecule has 0 aliphatic carbocycles. The van der Waals surface area contributed by atoms with Crippen molar-refractivity contribution in [1.82, 2.24) is 0 Å². The topological polar surface area (TPSA) is 9.23 Å². The Morgan fingerprint density at radius 2 is 1.88 bits per heavy atom. The first-order chi connectivity index (χ1) is 7.63. The summed E-state index contributed by atoms with van der Waals surface area (Å²) in [5.41, 5.74) is 1.15. The van der Waals surface area contributed by atoms with E-state index >= 15 is 0 Å². The maximum Gasteiger partial charge on any atom is 0.192 e. The lowest BCUT2D eigenvalue weighted by atomic mass is 10.2. The molecular weight excluding hydrogens is 316 g/mol. The zero-order chi connectivity index (χ0) is 13.3. The fourth-order valence-electron chi connectivity index (χ4n) is 1.11. The molecule has 0 spiro atoms.